The van der Waals surface area contributed by atoms with Gasteiger partial charge in [-0.2, -0.15) is 0 Å². The van der Waals surface area contributed by atoms with Gasteiger partial charge in [0, 0.05) is 36.4 Å². The summed E-state index contributed by atoms with van der Waals surface area (Å²) in [4.78, 5) is 25.7. The Morgan fingerprint density at radius 3 is 2.58 bits per heavy atom. The Morgan fingerprint density at radius 2 is 1.83 bits per heavy atom. The molecule has 124 valence electrons. The van der Waals surface area contributed by atoms with E-state index >= 15 is 0 Å². The summed E-state index contributed by atoms with van der Waals surface area (Å²) in [6, 6.07) is 15.5. The summed E-state index contributed by atoms with van der Waals surface area (Å²) in [5.41, 5.74) is 3.93. The van der Waals surface area contributed by atoms with E-state index in [0.29, 0.717) is 18.5 Å². The van der Waals surface area contributed by atoms with Crippen LogP contribution in [0, 0.1) is 0 Å². The summed E-state index contributed by atoms with van der Waals surface area (Å²) in [7, 11) is 0. The number of Topliss-reactive ketones (excluding diaryl/α,β-unsaturated/α-hetero) is 1. The number of rotatable bonds is 5. The molecule has 0 saturated heterocycles. The monoisotopic (exact) mass is 322 g/mol. The van der Waals surface area contributed by atoms with Crippen LogP contribution in [0.3, 0.4) is 0 Å². The van der Waals surface area contributed by atoms with Crippen LogP contribution >= 0.6 is 0 Å². The lowest BCUT2D eigenvalue weighted by molar-refractivity contribution is -0.118. The van der Waals surface area contributed by atoms with Crippen LogP contribution in [0.1, 0.15) is 35.7 Å². The van der Waals surface area contributed by atoms with Crippen LogP contribution in [0.4, 0.5) is 11.4 Å². The van der Waals surface area contributed by atoms with Gasteiger partial charge in [0.1, 0.15) is 0 Å². The van der Waals surface area contributed by atoms with E-state index in [4.69, 9.17) is 0 Å². The third-order valence-electron chi connectivity index (χ3n) is 4.37. The molecule has 0 fully saturated rings. The predicted octanol–water partition coefficient (Wildman–Crippen LogP) is 3.67. The summed E-state index contributed by atoms with van der Waals surface area (Å²) in [5, 5.41) is 3.25. The lowest BCUT2D eigenvalue weighted by atomic mass is 10.0. The van der Waals surface area contributed by atoms with Crippen LogP contribution in [0.15, 0.2) is 48.5 Å². The first-order chi connectivity index (χ1) is 11.6. The van der Waals surface area contributed by atoms with Gasteiger partial charge < -0.3 is 10.2 Å². The minimum atomic E-state index is 0.0560. The van der Waals surface area contributed by atoms with Crippen molar-refractivity contribution in [2.45, 2.75) is 26.2 Å². The molecule has 4 nitrogen and oxygen atoms in total. The minimum absolute atomic E-state index is 0.0560. The van der Waals surface area contributed by atoms with Gasteiger partial charge in [-0.3, -0.25) is 9.59 Å². The lowest BCUT2D eigenvalue weighted by Gasteiger charge is -2.29. The molecule has 1 N–H and O–H groups in total. The first-order valence-corrected chi connectivity index (χ1v) is 8.38. The quantitative estimate of drug-likeness (QED) is 0.855. The number of carbonyl (C=O) groups excluding carboxylic acids is 2. The van der Waals surface area contributed by atoms with Gasteiger partial charge in [0.15, 0.2) is 5.78 Å². The first-order valence-electron chi connectivity index (χ1n) is 8.38. The van der Waals surface area contributed by atoms with E-state index in [1.165, 1.54) is 5.56 Å². The summed E-state index contributed by atoms with van der Waals surface area (Å²) >= 11 is 0. The number of carbonyl (C=O) groups is 2. The molecule has 0 unspecified atom stereocenters. The molecule has 3 rings (SSSR count). The van der Waals surface area contributed by atoms with Gasteiger partial charge in [-0.1, -0.05) is 18.2 Å². The number of benzene rings is 2. The van der Waals surface area contributed by atoms with Gasteiger partial charge >= 0.3 is 0 Å². The molecule has 2 aromatic carbocycles. The molecule has 0 aliphatic carbocycles. The van der Waals surface area contributed by atoms with Crippen molar-refractivity contribution in [3.05, 3.63) is 59.7 Å². The number of ketones is 1. The number of fused-ring (bicyclic) bond motifs is 1. The highest BCUT2D eigenvalue weighted by Gasteiger charge is 2.21. The molecule has 0 aromatic heterocycles. The maximum atomic E-state index is 12.5. The lowest BCUT2D eigenvalue weighted by Crippen LogP contribution is -2.36. The molecular formula is C20H22N2O2. The topological polar surface area (TPSA) is 49.4 Å². The Balaban J connectivity index is 1.56. The van der Waals surface area contributed by atoms with Gasteiger partial charge in [-0.05, 0) is 55.7 Å². The Hall–Kier alpha value is -2.62. The van der Waals surface area contributed by atoms with Gasteiger partial charge in [-0.25, -0.2) is 0 Å². The fourth-order valence-corrected chi connectivity index (χ4v) is 3.06. The molecule has 0 spiro atoms. The maximum Gasteiger partial charge on any atom is 0.228 e. The van der Waals surface area contributed by atoms with E-state index in [1.54, 1.807) is 19.1 Å². The van der Waals surface area contributed by atoms with Crippen LogP contribution in [0.25, 0.3) is 0 Å². The molecular weight excluding hydrogens is 300 g/mol. The molecule has 4 heteroatoms. The summed E-state index contributed by atoms with van der Waals surface area (Å²) < 4.78 is 0. The number of hydrogen-bond acceptors (Lipinski definition) is 3. The Labute approximate surface area is 142 Å². The van der Waals surface area contributed by atoms with Gasteiger partial charge in [0.05, 0.1) is 0 Å². The average Bonchev–Trinajstić information content (AvgIpc) is 2.61. The summed E-state index contributed by atoms with van der Waals surface area (Å²) in [6.45, 7) is 2.93. The zero-order valence-corrected chi connectivity index (χ0v) is 13.9. The number of nitrogens with zero attached hydrogens (tertiary/aromatic N) is 1. The maximum absolute atomic E-state index is 12.5. The fourth-order valence-electron chi connectivity index (χ4n) is 3.06. The van der Waals surface area contributed by atoms with E-state index in [-0.39, 0.29) is 11.7 Å². The van der Waals surface area contributed by atoms with Gasteiger partial charge in [0.25, 0.3) is 0 Å². The molecule has 24 heavy (non-hydrogen) atoms. The second-order valence-corrected chi connectivity index (χ2v) is 6.09. The highest BCUT2D eigenvalue weighted by atomic mass is 16.2. The second-order valence-electron chi connectivity index (χ2n) is 6.09. The molecule has 0 saturated carbocycles. The number of anilines is 2. The fraction of sp³-hybridized carbons (Fsp3) is 0.300. The molecule has 0 bridgehead atoms. The van der Waals surface area contributed by atoms with Crippen LogP contribution in [0.5, 0.6) is 0 Å². The van der Waals surface area contributed by atoms with Gasteiger partial charge in [-0.15, -0.1) is 0 Å². The average molecular weight is 322 g/mol. The van der Waals surface area contributed by atoms with Crippen molar-refractivity contribution in [2.24, 2.45) is 0 Å². The Kier molecular flexibility index (Phi) is 4.94. The SMILES string of the molecule is CC(=O)c1ccc(NCCC(=O)N2CCCc3ccccc32)cc1. The molecule has 1 aliphatic heterocycles. The number of aryl methyl sites for hydroxylation is 1. The standard InChI is InChI=1S/C20H22N2O2/c1-15(23)16-8-10-18(11-9-16)21-13-12-20(24)22-14-4-6-17-5-2-3-7-19(17)22/h2-3,5,7-11,21H,4,6,12-14H2,1H3. The molecule has 0 radical (unpaired) electrons. The highest BCUT2D eigenvalue weighted by molar-refractivity contribution is 5.95. The minimum Gasteiger partial charge on any atom is -0.385 e. The second kappa shape index (κ2) is 7.30. The van der Waals surface area contributed by atoms with E-state index in [1.807, 2.05) is 35.2 Å². The van der Waals surface area contributed by atoms with Crippen LogP contribution in [0.2, 0.25) is 0 Å². The van der Waals surface area contributed by atoms with Crippen molar-refractivity contribution in [2.75, 3.05) is 23.3 Å². The smallest absolute Gasteiger partial charge is 0.228 e. The largest absolute Gasteiger partial charge is 0.385 e. The normalized spacial score (nSPS) is 13.3. The van der Waals surface area contributed by atoms with Gasteiger partial charge in [0.2, 0.25) is 5.91 Å². The van der Waals surface area contributed by atoms with E-state index in [2.05, 4.69) is 11.4 Å². The Morgan fingerprint density at radius 1 is 1.08 bits per heavy atom. The van der Waals surface area contributed by atoms with Crippen LogP contribution in [-0.2, 0) is 11.2 Å². The molecule has 1 amide bonds. The van der Waals surface area contributed by atoms with Crippen LogP contribution in [-0.4, -0.2) is 24.8 Å². The van der Waals surface area contributed by atoms with Crippen molar-refractivity contribution in [3.8, 4) is 0 Å². The molecule has 0 atom stereocenters. The third-order valence-corrected chi connectivity index (χ3v) is 4.37. The van der Waals surface area contributed by atoms with Crippen molar-refractivity contribution in [3.63, 3.8) is 0 Å². The predicted molar refractivity (Wildman–Crippen MR) is 96.7 cm³/mol. The number of amides is 1. The highest BCUT2D eigenvalue weighted by Crippen LogP contribution is 2.27. The number of para-hydroxylation sites is 1. The molecule has 1 aliphatic rings. The van der Waals surface area contributed by atoms with Crippen molar-refractivity contribution in [1.29, 1.82) is 0 Å². The summed E-state index contributed by atoms with van der Waals surface area (Å²) in [6.07, 6.45) is 2.51. The van der Waals surface area contributed by atoms with Crippen LogP contribution < -0.4 is 10.2 Å². The van der Waals surface area contributed by atoms with Crippen molar-refractivity contribution in [1.82, 2.24) is 0 Å². The Bertz CT molecular complexity index is 738. The van der Waals surface area contributed by atoms with E-state index in [9.17, 15) is 9.59 Å². The van der Waals surface area contributed by atoms with E-state index < -0.39 is 0 Å². The van der Waals surface area contributed by atoms with E-state index in [0.717, 1.165) is 30.8 Å². The third kappa shape index (κ3) is 3.65. The zero-order chi connectivity index (χ0) is 16.9. The first kappa shape index (κ1) is 16.2. The number of hydrogen-bond donors (Lipinski definition) is 1. The van der Waals surface area contributed by atoms with Crippen molar-refractivity contribution >= 4 is 23.1 Å². The zero-order valence-electron chi connectivity index (χ0n) is 13.9. The number of nitrogens with one attached hydrogen (secondary N) is 1. The molecule has 1 heterocycles. The summed E-state index contributed by atoms with van der Waals surface area (Å²) in [5.74, 6) is 0.204. The van der Waals surface area contributed by atoms with Crippen molar-refractivity contribution < 1.29 is 9.59 Å². The molecule has 2 aromatic rings.